The SMILES string of the molecule is Cc1ccnc(N2CCC(N(C)c3nccc(N(C)C)n3)C2)n1. The second-order valence-electron chi connectivity index (χ2n) is 6.11. The average Bonchev–Trinajstić information content (AvgIpc) is 3.04. The maximum atomic E-state index is 4.62. The first kappa shape index (κ1) is 15.5. The molecule has 2 aromatic heterocycles. The maximum absolute atomic E-state index is 4.62. The van der Waals surface area contributed by atoms with Gasteiger partial charge in [0, 0.05) is 52.3 Å². The lowest BCUT2D eigenvalue weighted by Gasteiger charge is -2.25. The molecule has 0 saturated carbocycles. The molecular weight excluding hydrogens is 290 g/mol. The summed E-state index contributed by atoms with van der Waals surface area (Å²) < 4.78 is 0. The number of aromatic nitrogens is 4. The zero-order valence-electron chi connectivity index (χ0n) is 14.1. The molecule has 3 rings (SSSR count). The van der Waals surface area contributed by atoms with Gasteiger partial charge in [0.05, 0.1) is 6.04 Å². The van der Waals surface area contributed by atoms with Crippen molar-refractivity contribution in [1.29, 1.82) is 0 Å². The number of hydrogen-bond acceptors (Lipinski definition) is 7. The molecule has 23 heavy (non-hydrogen) atoms. The topological polar surface area (TPSA) is 61.3 Å². The van der Waals surface area contributed by atoms with Crippen LogP contribution < -0.4 is 14.7 Å². The van der Waals surface area contributed by atoms with Crippen LogP contribution in [-0.4, -0.2) is 60.2 Å². The summed E-state index contributed by atoms with van der Waals surface area (Å²) in [4.78, 5) is 24.3. The van der Waals surface area contributed by atoms with Crippen molar-refractivity contribution in [3.63, 3.8) is 0 Å². The Hall–Kier alpha value is -2.44. The van der Waals surface area contributed by atoms with Crippen molar-refractivity contribution in [3.05, 3.63) is 30.2 Å². The largest absolute Gasteiger partial charge is 0.363 e. The van der Waals surface area contributed by atoms with Crippen molar-refractivity contribution >= 4 is 17.7 Å². The normalized spacial score (nSPS) is 17.4. The fourth-order valence-corrected chi connectivity index (χ4v) is 2.75. The standard InChI is InChI=1S/C16H23N7/c1-12-5-8-18-16(19-12)23-10-7-13(11-23)22(4)15-17-9-6-14(20-15)21(2)3/h5-6,8-9,13H,7,10-11H2,1-4H3. The third-order valence-electron chi connectivity index (χ3n) is 4.18. The Kier molecular flexibility index (Phi) is 4.27. The van der Waals surface area contributed by atoms with Crippen LogP contribution in [0.5, 0.6) is 0 Å². The molecular formula is C16H23N7. The molecule has 3 heterocycles. The summed E-state index contributed by atoms with van der Waals surface area (Å²) >= 11 is 0. The minimum absolute atomic E-state index is 0.358. The van der Waals surface area contributed by atoms with Crippen molar-refractivity contribution in [2.75, 3.05) is 48.9 Å². The van der Waals surface area contributed by atoms with Gasteiger partial charge in [0.1, 0.15) is 5.82 Å². The van der Waals surface area contributed by atoms with Gasteiger partial charge in [-0.25, -0.2) is 15.0 Å². The Morgan fingerprint density at radius 2 is 1.87 bits per heavy atom. The van der Waals surface area contributed by atoms with E-state index in [1.807, 2.05) is 50.4 Å². The molecule has 0 aromatic carbocycles. The molecule has 1 atom stereocenters. The molecule has 2 aromatic rings. The van der Waals surface area contributed by atoms with Crippen molar-refractivity contribution in [2.45, 2.75) is 19.4 Å². The molecule has 0 bridgehead atoms. The number of likely N-dealkylation sites (N-methyl/N-ethyl adjacent to an activating group) is 1. The van der Waals surface area contributed by atoms with Gasteiger partial charge in [0.2, 0.25) is 11.9 Å². The molecule has 0 amide bonds. The number of hydrogen-bond donors (Lipinski definition) is 0. The van der Waals surface area contributed by atoms with Gasteiger partial charge in [-0.3, -0.25) is 0 Å². The van der Waals surface area contributed by atoms with Gasteiger partial charge in [-0.05, 0) is 25.5 Å². The molecule has 0 radical (unpaired) electrons. The highest BCUT2D eigenvalue weighted by molar-refractivity contribution is 5.44. The van der Waals surface area contributed by atoms with E-state index in [-0.39, 0.29) is 0 Å². The second-order valence-corrected chi connectivity index (χ2v) is 6.11. The lowest BCUT2D eigenvalue weighted by Crippen LogP contribution is -2.36. The van der Waals surface area contributed by atoms with E-state index < -0.39 is 0 Å². The van der Waals surface area contributed by atoms with Crippen LogP contribution >= 0.6 is 0 Å². The Morgan fingerprint density at radius 1 is 1.09 bits per heavy atom. The first-order valence-corrected chi connectivity index (χ1v) is 7.82. The molecule has 1 unspecified atom stereocenters. The van der Waals surface area contributed by atoms with E-state index in [9.17, 15) is 0 Å². The van der Waals surface area contributed by atoms with E-state index in [1.165, 1.54) is 0 Å². The van der Waals surface area contributed by atoms with Crippen LogP contribution in [-0.2, 0) is 0 Å². The third kappa shape index (κ3) is 3.33. The van der Waals surface area contributed by atoms with Crippen LogP contribution in [0.15, 0.2) is 24.5 Å². The molecule has 1 aliphatic heterocycles. The summed E-state index contributed by atoms with van der Waals surface area (Å²) in [6.45, 7) is 3.83. The summed E-state index contributed by atoms with van der Waals surface area (Å²) in [5.74, 6) is 2.48. The van der Waals surface area contributed by atoms with E-state index in [2.05, 4.69) is 36.8 Å². The highest BCUT2D eigenvalue weighted by Crippen LogP contribution is 2.22. The fraction of sp³-hybridized carbons (Fsp3) is 0.500. The predicted molar refractivity (Wildman–Crippen MR) is 92.1 cm³/mol. The Balaban J connectivity index is 1.72. The average molecular weight is 313 g/mol. The van der Waals surface area contributed by atoms with Crippen molar-refractivity contribution < 1.29 is 0 Å². The van der Waals surface area contributed by atoms with E-state index in [0.717, 1.165) is 42.9 Å². The predicted octanol–water partition coefficient (Wildman–Crippen LogP) is 1.36. The molecule has 0 N–H and O–H groups in total. The monoisotopic (exact) mass is 313 g/mol. The molecule has 0 spiro atoms. The number of anilines is 3. The van der Waals surface area contributed by atoms with Crippen molar-refractivity contribution in [3.8, 4) is 0 Å². The number of rotatable bonds is 4. The van der Waals surface area contributed by atoms with E-state index in [1.54, 1.807) is 0 Å². The summed E-state index contributed by atoms with van der Waals surface area (Å²) in [5, 5.41) is 0. The van der Waals surface area contributed by atoms with Gasteiger partial charge in [-0.2, -0.15) is 4.98 Å². The Morgan fingerprint density at radius 3 is 2.61 bits per heavy atom. The summed E-state index contributed by atoms with van der Waals surface area (Å²) in [6.07, 6.45) is 4.67. The minimum Gasteiger partial charge on any atom is -0.363 e. The Labute approximate surface area is 137 Å². The van der Waals surface area contributed by atoms with Crippen LogP contribution in [0.2, 0.25) is 0 Å². The second kappa shape index (κ2) is 6.36. The van der Waals surface area contributed by atoms with Crippen molar-refractivity contribution in [1.82, 2.24) is 19.9 Å². The molecule has 1 saturated heterocycles. The summed E-state index contributed by atoms with van der Waals surface area (Å²) in [5.41, 5.74) is 0.994. The van der Waals surface area contributed by atoms with Gasteiger partial charge < -0.3 is 14.7 Å². The van der Waals surface area contributed by atoms with Gasteiger partial charge in [0.25, 0.3) is 0 Å². The summed E-state index contributed by atoms with van der Waals surface area (Å²) in [7, 11) is 6.02. The van der Waals surface area contributed by atoms with Gasteiger partial charge in [-0.1, -0.05) is 0 Å². The maximum Gasteiger partial charge on any atom is 0.227 e. The lowest BCUT2D eigenvalue weighted by atomic mass is 10.2. The quantitative estimate of drug-likeness (QED) is 0.844. The first-order chi connectivity index (χ1) is 11.0. The van der Waals surface area contributed by atoms with Crippen LogP contribution in [0.4, 0.5) is 17.7 Å². The zero-order chi connectivity index (χ0) is 16.4. The Bertz CT molecular complexity index is 673. The molecule has 1 fully saturated rings. The van der Waals surface area contributed by atoms with Crippen LogP contribution in [0.1, 0.15) is 12.1 Å². The highest BCUT2D eigenvalue weighted by Gasteiger charge is 2.28. The summed E-state index contributed by atoms with van der Waals surface area (Å²) in [6, 6.07) is 4.19. The van der Waals surface area contributed by atoms with E-state index >= 15 is 0 Å². The third-order valence-corrected chi connectivity index (χ3v) is 4.18. The molecule has 7 heteroatoms. The molecule has 122 valence electrons. The lowest BCUT2D eigenvalue weighted by molar-refractivity contribution is 0.673. The zero-order valence-corrected chi connectivity index (χ0v) is 14.1. The smallest absolute Gasteiger partial charge is 0.227 e. The van der Waals surface area contributed by atoms with Crippen molar-refractivity contribution in [2.24, 2.45) is 0 Å². The van der Waals surface area contributed by atoms with E-state index in [4.69, 9.17) is 0 Å². The van der Waals surface area contributed by atoms with Crippen LogP contribution in [0.3, 0.4) is 0 Å². The number of nitrogens with zero attached hydrogens (tertiary/aromatic N) is 7. The van der Waals surface area contributed by atoms with Crippen LogP contribution in [0, 0.1) is 6.92 Å². The van der Waals surface area contributed by atoms with Gasteiger partial charge >= 0.3 is 0 Å². The number of aryl methyl sites for hydroxylation is 1. The molecule has 0 aliphatic carbocycles. The molecule has 1 aliphatic rings. The van der Waals surface area contributed by atoms with Gasteiger partial charge in [0.15, 0.2) is 0 Å². The van der Waals surface area contributed by atoms with E-state index in [0.29, 0.717) is 6.04 Å². The molecule has 7 nitrogen and oxygen atoms in total. The van der Waals surface area contributed by atoms with Crippen LogP contribution in [0.25, 0.3) is 0 Å². The first-order valence-electron chi connectivity index (χ1n) is 7.82. The van der Waals surface area contributed by atoms with Gasteiger partial charge in [-0.15, -0.1) is 0 Å². The highest BCUT2D eigenvalue weighted by atomic mass is 15.3. The minimum atomic E-state index is 0.358. The fourth-order valence-electron chi connectivity index (χ4n) is 2.75.